The highest BCUT2D eigenvalue weighted by atomic mass is 16.4. The average molecular weight is 345 g/mol. The third-order valence-corrected chi connectivity index (χ3v) is 4.32. The molecule has 8 nitrogen and oxygen atoms in total. The molecule has 2 amide bonds. The van der Waals surface area contributed by atoms with Crippen molar-refractivity contribution < 1.29 is 14.3 Å². The van der Waals surface area contributed by atoms with Crippen LogP contribution in [0.15, 0.2) is 35.1 Å². The number of aliphatic hydroxyl groups excluding tert-OH is 1. The van der Waals surface area contributed by atoms with Crippen molar-refractivity contribution in [2.75, 3.05) is 30.9 Å². The second-order valence-corrected chi connectivity index (χ2v) is 6.32. The molecule has 2 atom stereocenters. The molecular formula is C17H23N5O3. The van der Waals surface area contributed by atoms with E-state index in [0.717, 1.165) is 18.7 Å². The van der Waals surface area contributed by atoms with Crippen molar-refractivity contribution in [2.24, 2.45) is 0 Å². The predicted octanol–water partition coefficient (Wildman–Crippen LogP) is 2.26. The summed E-state index contributed by atoms with van der Waals surface area (Å²) in [5.41, 5.74) is 0. The molecule has 1 fully saturated rings. The highest BCUT2D eigenvalue weighted by Gasteiger charge is 2.31. The van der Waals surface area contributed by atoms with Gasteiger partial charge in [-0.15, -0.1) is 0 Å². The molecule has 1 aliphatic heterocycles. The van der Waals surface area contributed by atoms with Crippen LogP contribution >= 0.6 is 0 Å². The van der Waals surface area contributed by atoms with E-state index in [4.69, 9.17) is 4.42 Å². The van der Waals surface area contributed by atoms with Crippen LogP contribution in [0, 0.1) is 0 Å². The summed E-state index contributed by atoms with van der Waals surface area (Å²) in [5, 5.41) is 13.0. The van der Waals surface area contributed by atoms with Crippen molar-refractivity contribution in [3.8, 4) is 0 Å². The summed E-state index contributed by atoms with van der Waals surface area (Å²) in [6.07, 6.45) is 4.62. The molecule has 2 N–H and O–H groups in total. The molecule has 25 heavy (non-hydrogen) atoms. The molecule has 0 unspecified atom stereocenters. The Morgan fingerprint density at radius 1 is 1.52 bits per heavy atom. The summed E-state index contributed by atoms with van der Waals surface area (Å²) < 4.78 is 5.24. The van der Waals surface area contributed by atoms with E-state index in [0.29, 0.717) is 18.7 Å². The lowest BCUT2D eigenvalue weighted by atomic mass is 10.1. The van der Waals surface area contributed by atoms with E-state index in [1.165, 1.54) is 6.26 Å². The van der Waals surface area contributed by atoms with Crippen LogP contribution in [0.4, 0.5) is 16.6 Å². The number of urea groups is 1. The highest BCUT2D eigenvalue weighted by Crippen LogP contribution is 2.28. The fourth-order valence-corrected chi connectivity index (χ4v) is 3.03. The average Bonchev–Trinajstić information content (AvgIpc) is 3.26. The van der Waals surface area contributed by atoms with Crippen LogP contribution in [-0.4, -0.2) is 52.7 Å². The van der Waals surface area contributed by atoms with E-state index >= 15 is 0 Å². The number of amides is 2. The number of furan rings is 1. The first-order chi connectivity index (χ1) is 12.0. The van der Waals surface area contributed by atoms with Gasteiger partial charge in [-0.1, -0.05) is 0 Å². The number of hydrogen-bond donors (Lipinski definition) is 2. The fourth-order valence-electron chi connectivity index (χ4n) is 3.03. The van der Waals surface area contributed by atoms with Crippen molar-refractivity contribution in [3.63, 3.8) is 0 Å². The van der Waals surface area contributed by atoms with Crippen LogP contribution in [-0.2, 0) is 0 Å². The van der Waals surface area contributed by atoms with E-state index in [9.17, 15) is 9.90 Å². The minimum absolute atomic E-state index is 0.0443. The molecular weight excluding hydrogens is 322 g/mol. The Morgan fingerprint density at radius 3 is 3.08 bits per heavy atom. The van der Waals surface area contributed by atoms with Gasteiger partial charge in [-0.05, 0) is 31.0 Å². The van der Waals surface area contributed by atoms with Gasteiger partial charge in [-0.2, -0.15) is 4.98 Å². The Kier molecular flexibility index (Phi) is 5.18. The van der Waals surface area contributed by atoms with Crippen LogP contribution in [0.2, 0.25) is 0 Å². The fraction of sp³-hybridized carbons (Fsp3) is 0.471. The second-order valence-electron chi connectivity index (χ2n) is 6.32. The van der Waals surface area contributed by atoms with E-state index in [1.54, 1.807) is 29.3 Å². The standard InChI is InChI=1S/C17H23N5O3/c1-21(2)15-7-8-18-16(19-15)20-17(24)22-9-3-5-12(22)11-13(23)14-6-4-10-25-14/h4,6-8,10,12-13,23H,3,5,9,11H2,1-2H3,(H,18,19,20,24)/t12-,13-/m1/s1. The van der Waals surface area contributed by atoms with E-state index < -0.39 is 6.10 Å². The topological polar surface area (TPSA) is 94.7 Å². The maximum atomic E-state index is 12.6. The number of carbonyl (C=O) groups is 1. The molecule has 134 valence electrons. The molecule has 0 aromatic carbocycles. The summed E-state index contributed by atoms with van der Waals surface area (Å²) in [6, 6.07) is 4.97. The highest BCUT2D eigenvalue weighted by molar-refractivity contribution is 5.88. The molecule has 0 radical (unpaired) electrons. The third-order valence-electron chi connectivity index (χ3n) is 4.32. The van der Waals surface area contributed by atoms with Gasteiger partial charge in [0.25, 0.3) is 0 Å². The Balaban J connectivity index is 1.63. The van der Waals surface area contributed by atoms with Crippen molar-refractivity contribution in [1.82, 2.24) is 14.9 Å². The number of anilines is 2. The lowest BCUT2D eigenvalue weighted by Crippen LogP contribution is -2.39. The zero-order valence-electron chi connectivity index (χ0n) is 14.4. The number of nitrogens with one attached hydrogen (secondary N) is 1. The number of likely N-dealkylation sites (tertiary alicyclic amines) is 1. The first-order valence-corrected chi connectivity index (χ1v) is 8.34. The van der Waals surface area contributed by atoms with Gasteiger partial charge in [-0.3, -0.25) is 5.32 Å². The SMILES string of the molecule is CN(C)c1ccnc(NC(=O)N2CCC[C@@H]2C[C@@H](O)c2ccco2)n1. The van der Waals surface area contributed by atoms with E-state index in [2.05, 4.69) is 15.3 Å². The van der Waals surface area contributed by atoms with Gasteiger partial charge in [0, 0.05) is 39.3 Å². The molecule has 0 saturated carbocycles. The Labute approximate surface area is 146 Å². The smallest absolute Gasteiger partial charge is 0.324 e. The van der Waals surface area contributed by atoms with Gasteiger partial charge >= 0.3 is 6.03 Å². The normalized spacial score (nSPS) is 18.2. The predicted molar refractivity (Wildman–Crippen MR) is 93.4 cm³/mol. The first-order valence-electron chi connectivity index (χ1n) is 8.34. The second kappa shape index (κ2) is 7.52. The Morgan fingerprint density at radius 2 is 2.36 bits per heavy atom. The van der Waals surface area contributed by atoms with Crippen LogP contribution in [0.1, 0.15) is 31.1 Å². The molecule has 2 aromatic rings. The van der Waals surface area contributed by atoms with Crippen LogP contribution < -0.4 is 10.2 Å². The number of hydrogen-bond acceptors (Lipinski definition) is 6. The van der Waals surface area contributed by atoms with Gasteiger partial charge in [0.05, 0.1) is 6.26 Å². The maximum Gasteiger partial charge on any atom is 0.324 e. The lowest BCUT2D eigenvalue weighted by molar-refractivity contribution is 0.110. The van der Waals surface area contributed by atoms with Gasteiger partial charge in [0.1, 0.15) is 17.7 Å². The molecule has 1 saturated heterocycles. The van der Waals surface area contributed by atoms with Crippen LogP contribution in [0.25, 0.3) is 0 Å². The number of nitrogens with zero attached hydrogens (tertiary/aromatic N) is 4. The number of carbonyl (C=O) groups excluding carboxylic acids is 1. The maximum absolute atomic E-state index is 12.6. The summed E-state index contributed by atoms with van der Waals surface area (Å²) in [5.74, 6) is 1.51. The number of rotatable bonds is 5. The van der Waals surface area contributed by atoms with Crippen molar-refractivity contribution in [3.05, 3.63) is 36.4 Å². The summed E-state index contributed by atoms with van der Waals surface area (Å²) in [7, 11) is 3.75. The molecule has 3 heterocycles. The number of aliphatic hydroxyl groups is 1. The minimum Gasteiger partial charge on any atom is -0.467 e. The first kappa shape index (κ1) is 17.2. The van der Waals surface area contributed by atoms with Gasteiger partial charge < -0.3 is 19.3 Å². The van der Waals surface area contributed by atoms with Crippen molar-refractivity contribution in [1.29, 1.82) is 0 Å². The van der Waals surface area contributed by atoms with Gasteiger partial charge in [0.2, 0.25) is 5.95 Å². The molecule has 0 spiro atoms. The molecule has 3 rings (SSSR count). The molecule has 2 aromatic heterocycles. The summed E-state index contributed by atoms with van der Waals surface area (Å²) in [4.78, 5) is 24.6. The van der Waals surface area contributed by atoms with Crippen molar-refractivity contribution in [2.45, 2.75) is 31.4 Å². The minimum atomic E-state index is -0.721. The quantitative estimate of drug-likeness (QED) is 0.863. The lowest BCUT2D eigenvalue weighted by Gasteiger charge is -2.26. The van der Waals surface area contributed by atoms with E-state index in [-0.39, 0.29) is 18.0 Å². The zero-order valence-corrected chi connectivity index (χ0v) is 14.4. The van der Waals surface area contributed by atoms with Crippen molar-refractivity contribution >= 4 is 17.8 Å². The monoisotopic (exact) mass is 345 g/mol. The summed E-state index contributed by atoms with van der Waals surface area (Å²) >= 11 is 0. The third kappa shape index (κ3) is 4.08. The molecule has 0 aliphatic carbocycles. The van der Waals surface area contributed by atoms with E-state index in [1.807, 2.05) is 19.0 Å². The Hall–Kier alpha value is -2.61. The summed E-state index contributed by atoms with van der Waals surface area (Å²) in [6.45, 7) is 0.648. The van der Waals surface area contributed by atoms with Gasteiger partial charge in [0.15, 0.2) is 0 Å². The molecule has 8 heteroatoms. The largest absolute Gasteiger partial charge is 0.467 e. The molecule has 1 aliphatic rings. The zero-order chi connectivity index (χ0) is 17.8. The Bertz CT molecular complexity index is 704. The molecule has 0 bridgehead atoms. The van der Waals surface area contributed by atoms with Gasteiger partial charge in [-0.25, -0.2) is 9.78 Å². The number of aromatic nitrogens is 2. The van der Waals surface area contributed by atoms with Crippen LogP contribution in [0.3, 0.4) is 0 Å². The van der Waals surface area contributed by atoms with Crippen LogP contribution in [0.5, 0.6) is 0 Å².